The lowest BCUT2D eigenvalue weighted by Gasteiger charge is -2.49. The second-order valence-corrected chi connectivity index (χ2v) is 11.8. The predicted octanol–water partition coefficient (Wildman–Crippen LogP) is 0.659. The fourth-order valence-corrected chi connectivity index (χ4v) is 7.09. The number of carbonyl (C=O) groups excluding carboxylic acids is 2. The van der Waals surface area contributed by atoms with Crippen LogP contribution in [0.15, 0.2) is 53.2 Å². The zero-order chi connectivity index (χ0) is 25.6. The number of oxime groups is 1. The number of hydrogen-bond acceptors (Lipinski definition) is 9. The monoisotopic (exact) mass is 640 g/mol. The smallest absolute Gasteiger partial charge is 0.352 e. The second-order valence-electron chi connectivity index (χ2n) is 7.81. The van der Waals surface area contributed by atoms with Gasteiger partial charge in [-0.15, -0.1) is 11.8 Å². The molecule has 3 aromatic heterocycles. The van der Waals surface area contributed by atoms with E-state index in [-0.39, 0.29) is 22.2 Å². The van der Waals surface area contributed by atoms with Crippen LogP contribution in [0.25, 0.3) is 5.65 Å². The Hall–Kier alpha value is -3.18. The number of carboxylic acid groups (broad SMARTS) is 1. The lowest BCUT2D eigenvalue weighted by atomic mass is 10.0. The van der Waals surface area contributed by atoms with Gasteiger partial charge in [0.2, 0.25) is 0 Å². The lowest BCUT2D eigenvalue weighted by molar-refractivity contribution is -0.662. The summed E-state index contributed by atoms with van der Waals surface area (Å²) in [6.45, 7) is 0.316. The molecule has 12 nitrogen and oxygen atoms in total. The first kappa shape index (κ1) is 24.5. The molecule has 5 rings (SSSR count). The Morgan fingerprint density at radius 3 is 2.92 bits per heavy atom. The van der Waals surface area contributed by atoms with Crippen LogP contribution in [0.5, 0.6) is 0 Å². The number of anilines is 1. The maximum Gasteiger partial charge on any atom is 0.352 e. The average Bonchev–Trinajstić information content (AvgIpc) is 3.42. The summed E-state index contributed by atoms with van der Waals surface area (Å²) in [5.74, 6) is -1.97. The van der Waals surface area contributed by atoms with Gasteiger partial charge in [0.1, 0.15) is 48.9 Å². The van der Waals surface area contributed by atoms with Crippen LogP contribution in [0.3, 0.4) is 0 Å². The molecule has 0 bridgehead atoms. The van der Waals surface area contributed by atoms with Gasteiger partial charge >= 0.3 is 5.97 Å². The predicted molar refractivity (Wildman–Crippen MR) is 140 cm³/mol. The Morgan fingerprint density at radius 1 is 1.42 bits per heavy atom. The number of β-lactam (4-membered cyclic amide) rings is 1. The number of halogens is 1. The van der Waals surface area contributed by atoms with E-state index in [4.69, 9.17) is 10.6 Å². The summed E-state index contributed by atoms with van der Waals surface area (Å²) in [7, 11) is 1.29. The molecule has 0 saturated carbocycles. The maximum atomic E-state index is 13.1. The van der Waals surface area contributed by atoms with Crippen molar-refractivity contribution in [2.45, 2.75) is 18.0 Å². The van der Waals surface area contributed by atoms with Crippen LogP contribution in [-0.4, -0.2) is 67.2 Å². The molecule has 0 aliphatic carbocycles. The van der Waals surface area contributed by atoms with Gasteiger partial charge in [-0.2, -0.15) is 0 Å². The highest BCUT2D eigenvalue weighted by Gasteiger charge is 2.54. The molecule has 2 aliphatic rings. The van der Waals surface area contributed by atoms with Crippen molar-refractivity contribution in [3.05, 3.63) is 56.6 Å². The molecule has 15 heteroatoms. The number of imidazole rings is 1. The van der Waals surface area contributed by atoms with Crippen molar-refractivity contribution in [1.29, 1.82) is 0 Å². The van der Waals surface area contributed by atoms with Crippen molar-refractivity contribution in [2.75, 3.05) is 18.6 Å². The van der Waals surface area contributed by atoms with Gasteiger partial charge in [-0.05, 0) is 28.7 Å². The number of fused-ring (bicyclic) bond motifs is 2. The van der Waals surface area contributed by atoms with Gasteiger partial charge in [0.25, 0.3) is 17.5 Å². The number of nitrogens with one attached hydrogen (secondary N) is 1. The topological polar surface area (TPSA) is 156 Å². The van der Waals surface area contributed by atoms with E-state index in [0.717, 1.165) is 5.65 Å². The second kappa shape index (κ2) is 9.70. The molecule has 2 atom stereocenters. The van der Waals surface area contributed by atoms with E-state index in [1.54, 1.807) is 0 Å². The van der Waals surface area contributed by atoms with Crippen LogP contribution in [0.1, 0.15) is 5.69 Å². The fourth-order valence-electron chi connectivity index (χ4n) is 4.15. The Morgan fingerprint density at radius 2 is 2.22 bits per heavy atom. The van der Waals surface area contributed by atoms with E-state index < -0.39 is 29.2 Å². The third kappa shape index (κ3) is 4.20. The molecule has 0 radical (unpaired) electrons. The van der Waals surface area contributed by atoms with Gasteiger partial charge in [-0.3, -0.25) is 14.5 Å². The van der Waals surface area contributed by atoms with E-state index >= 15 is 0 Å². The lowest BCUT2D eigenvalue weighted by Crippen LogP contribution is -2.71. The molecule has 186 valence electrons. The summed E-state index contributed by atoms with van der Waals surface area (Å²) in [5, 5.41) is 16.1. The van der Waals surface area contributed by atoms with Gasteiger partial charge in [-0.25, -0.2) is 18.7 Å². The number of amides is 2. The molecule has 0 spiro atoms. The number of aliphatic carboxylic acids is 1. The molecule has 0 unspecified atom stereocenters. The minimum atomic E-state index is -1.19. The molecule has 0 aromatic carbocycles. The van der Waals surface area contributed by atoms with E-state index in [0.29, 0.717) is 20.8 Å². The minimum Gasteiger partial charge on any atom is -0.477 e. The third-order valence-electron chi connectivity index (χ3n) is 5.69. The van der Waals surface area contributed by atoms with Crippen molar-refractivity contribution in [1.82, 2.24) is 19.6 Å². The number of rotatable bonds is 7. The molecule has 2 amide bonds. The van der Waals surface area contributed by atoms with Crippen molar-refractivity contribution in [3.8, 4) is 0 Å². The van der Waals surface area contributed by atoms with Crippen molar-refractivity contribution in [2.24, 2.45) is 5.16 Å². The summed E-state index contributed by atoms with van der Waals surface area (Å²) in [4.78, 5) is 48.5. The van der Waals surface area contributed by atoms with Crippen LogP contribution in [0.4, 0.5) is 5.13 Å². The van der Waals surface area contributed by atoms with Crippen LogP contribution in [-0.2, 0) is 25.8 Å². The number of nitrogens with zero attached hydrogens (tertiary/aromatic N) is 5. The molecule has 4 N–H and O–H groups in total. The Kier molecular flexibility index (Phi) is 6.60. The summed E-state index contributed by atoms with van der Waals surface area (Å²) in [6, 6.07) is 4.81. The van der Waals surface area contributed by atoms with Crippen molar-refractivity contribution in [3.63, 3.8) is 0 Å². The highest BCUT2D eigenvalue weighted by molar-refractivity contribution is 14.1. The summed E-state index contributed by atoms with van der Waals surface area (Å²) in [5.41, 5.74) is 7.33. The number of thioether (sulfide) groups is 1. The quantitative estimate of drug-likeness (QED) is 0.112. The first-order valence-electron chi connectivity index (χ1n) is 10.5. The molecule has 1 fully saturated rings. The molecule has 36 heavy (non-hydrogen) atoms. The van der Waals surface area contributed by atoms with E-state index in [9.17, 15) is 19.5 Å². The van der Waals surface area contributed by atoms with E-state index in [2.05, 4.69) is 15.5 Å². The first-order chi connectivity index (χ1) is 17.3. The van der Waals surface area contributed by atoms with Gasteiger partial charge < -0.3 is 21.0 Å². The summed E-state index contributed by atoms with van der Waals surface area (Å²) in [6.07, 6.45) is 5.65. The van der Waals surface area contributed by atoms with Crippen LogP contribution >= 0.6 is 45.7 Å². The SMILES string of the molecule is CON=C(C(=O)N[C@@H]1C(=O)N2C(C(=O)O)=C(C[n+]3ccn4ccccc43)CS[C@@H]12)c1nc(N)sc1I. The fraction of sp³-hybridized carbons (Fsp3) is 0.238. The Bertz CT molecular complexity index is 1470. The number of pyridine rings is 1. The molecule has 1 saturated heterocycles. The molecule has 2 aliphatic heterocycles. The van der Waals surface area contributed by atoms with Crippen molar-refractivity contribution < 1.29 is 28.9 Å². The van der Waals surface area contributed by atoms with Crippen molar-refractivity contribution >= 4 is 80.0 Å². The van der Waals surface area contributed by atoms with Crippen LogP contribution in [0, 0.1) is 2.88 Å². The molecule has 5 heterocycles. The van der Waals surface area contributed by atoms with Gasteiger partial charge in [0.15, 0.2) is 10.8 Å². The Balaban J connectivity index is 1.38. The van der Waals surface area contributed by atoms with Gasteiger partial charge in [-0.1, -0.05) is 22.6 Å². The largest absolute Gasteiger partial charge is 0.477 e. The number of hydrogen-bond donors (Lipinski definition) is 3. The number of nitrogen functional groups attached to an aromatic ring is 1. The van der Waals surface area contributed by atoms with Gasteiger partial charge in [0, 0.05) is 17.4 Å². The highest BCUT2D eigenvalue weighted by atomic mass is 127. The van der Waals surface area contributed by atoms with E-state index in [1.807, 2.05) is 68.3 Å². The normalized spacial score (nSPS) is 19.8. The number of thiazole rings is 1. The summed E-state index contributed by atoms with van der Waals surface area (Å²) >= 11 is 4.57. The first-order valence-corrected chi connectivity index (χ1v) is 13.4. The zero-order valence-electron chi connectivity index (χ0n) is 18.6. The minimum absolute atomic E-state index is 0.0513. The van der Waals surface area contributed by atoms with Crippen LogP contribution < -0.4 is 15.6 Å². The standard InChI is InChI=1S/C21H18IN7O5S2/c1-34-26-13(12-16(22)36-21(23)25-12)17(30)24-14-18(31)29-15(20(32)33)10(9-35-19(14)29)8-28-7-6-27-5-3-2-4-11(27)28/h2-7,14,19H,8-9H2,1H3,(H3-,23,24,25,30,32,33)/p+1/t14-,19+/m1/s1. The van der Waals surface area contributed by atoms with Gasteiger partial charge in [0.05, 0.1) is 9.08 Å². The zero-order valence-corrected chi connectivity index (χ0v) is 22.4. The highest BCUT2D eigenvalue weighted by Crippen LogP contribution is 2.40. The Labute approximate surface area is 225 Å². The molecular weight excluding hydrogens is 621 g/mol. The molecule has 3 aromatic rings. The van der Waals surface area contributed by atoms with Crippen LogP contribution in [0.2, 0.25) is 0 Å². The summed E-state index contributed by atoms with van der Waals surface area (Å²) < 4.78 is 4.49. The van der Waals surface area contributed by atoms with E-state index in [1.165, 1.54) is 35.1 Å². The number of aromatic nitrogens is 3. The number of carbonyl (C=O) groups is 3. The average molecular weight is 640 g/mol. The molecular formula is C21H19IN7O5S2+. The third-order valence-corrected chi connectivity index (χ3v) is 8.88. The number of nitrogens with two attached hydrogens (primary N) is 1. The number of carboxylic acids is 1. The maximum absolute atomic E-state index is 13.1.